The van der Waals surface area contributed by atoms with E-state index in [1.807, 2.05) is 0 Å². The Labute approximate surface area is 59.1 Å². The van der Waals surface area contributed by atoms with Gasteiger partial charge in [0.25, 0.3) is 0 Å². The van der Waals surface area contributed by atoms with Gasteiger partial charge in [-0.1, -0.05) is 0 Å². The molecule has 0 unspecified atom stereocenters. The molecule has 0 saturated heterocycles. The fourth-order valence-electron chi connectivity index (χ4n) is 1.23. The van der Waals surface area contributed by atoms with Crippen LogP contribution in [0, 0.1) is 0 Å². The van der Waals surface area contributed by atoms with Crippen LogP contribution in [0.2, 0.25) is 0 Å². The van der Waals surface area contributed by atoms with Crippen LogP contribution >= 0.6 is 0 Å². The molecule has 0 heterocycles. The minimum Gasteiger partial charge on any atom is -0.392 e. The van der Waals surface area contributed by atoms with Crippen molar-refractivity contribution in [3.05, 3.63) is 0 Å². The van der Waals surface area contributed by atoms with Crippen molar-refractivity contribution < 1.29 is 17.4 Å². The largest absolute Gasteiger partial charge is 0.392 e. The second-order valence-corrected chi connectivity index (χ2v) is 4.07. The van der Waals surface area contributed by atoms with Gasteiger partial charge in [-0.2, -0.15) is 8.42 Å². The minimum absolute atomic E-state index is 0.250. The molecule has 0 bridgehead atoms. The molecular weight excluding hydrogens is 159 g/mol. The quantitative estimate of drug-likeness (QED) is 0.569. The Kier molecular flexibility index (Phi) is 1.96. The van der Waals surface area contributed by atoms with E-state index in [1.54, 1.807) is 0 Å². The number of aliphatic hydroxyl groups is 1. The molecule has 5 heteroatoms. The van der Waals surface area contributed by atoms with E-state index in [2.05, 4.69) is 0 Å². The highest BCUT2D eigenvalue weighted by Crippen LogP contribution is 2.25. The lowest BCUT2D eigenvalue weighted by molar-refractivity contribution is 0.183. The molecule has 1 aliphatic carbocycles. The number of rotatable bonds is 1. The van der Waals surface area contributed by atoms with Crippen molar-refractivity contribution in [1.29, 1.82) is 0 Å². The van der Waals surface area contributed by atoms with Gasteiger partial charge in [-0.05, 0) is 19.3 Å². The summed E-state index contributed by atoms with van der Waals surface area (Å²) in [5.74, 6) is 0. The van der Waals surface area contributed by atoms with Crippen LogP contribution < -0.4 is 0 Å². The zero-order valence-electron chi connectivity index (χ0n) is 5.33. The van der Waals surface area contributed by atoms with Crippen LogP contribution in [0.25, 0.3) is 0 Å². The smallest absolute Gasteiger partial charge is 0.307 e. The van der Waals surface area contributed by atoms with Gasteiger partial charge in [0.2, 0.25) is 0 Å². The Morgan fingerprint density at radius 1 is 1.40 bits per heavy atom. The molecule has 0 amide bonds. The van der Waals surface area contributed by atoms with E-state index in [4.69, 9.17) is 5.11 Å². The molecule has 0 spiro atoms. The Morgan fingerprint density at radius 3 is 2.20 bits per heavy atom. The molecule has 1 fully saturated rings. The summed E-state index contributed by atoms with van der Waals surface area (Å²) < 4.78 is 32.6. The van der Waals surface area contributed by atoms with Crippen LogP contribution in [-0.2, 0) is 10.2 Å². The summed E-state index contributed by atoms with van der Waals surface area (Å²) in [5, 5.41) is 7.75. The summed E-state index contributed by atoms with van der Waals surface area (Å²) in [7, 11) is -4.50. The van der Waals surface area contributed by atoms with E-state index in [1.165, 1.54) is 0 Å². The Bertz CT molecular complexity index is 211. The van der Waals surface area contributed by atoms with Gasteiger partial charge < -0.3 is 5.11 Å². The first-order chi connectivity index (χ1) is 4.52. The lowest BCUT2D eigenvalue weighted by Gasteiger charge is -2.07. The number of hydrogen-bond acceptors (Lipinski definition) is 3. The maximum atomic E-state index is 12.2. The standard InChI is InChI=1S/C5H9FO3S/c6-10(8,9)5-3-1-2-4(5)7/h4-5,7H,1-3H2/t4-,5-/m1/s1. The van der Waals surface area contributed by atoms with Crippen molar-refractivity contribution in [2.75, 3.05) is 0 Å². The van der Waals surface area contributed by atoms with Crippen LogP contribution in [0.4, 0.5) is 3.89 Å². The molecule has 0 aromatic carbocycles. The molecule has 3 nitrogen and oxygen atoms in total. The van der Waals surface area contributed by atoms with Gasteiger partial charge in [-0.25, -0.2) is 0 Å². The third-order valence-corrected chi connectivity index (χ3v) is 3.05. The van der Waals surface area contributed by atoms with Crippen LogP contribution in [-0.4, -0.2) is 24.9 Å². The van der Waals surface area contributed by atoms with Crippen molar-refractivity contribution in [3.63, 3.8) is 0 Å². The van der Waals surface area contributed by atoms with Gasteiger partial charge in [0.05, 0.1) is 6.10 Å². The van der Waals surface area contributed by atoms with Gasteiger partial charge >= 0.3 is 10.2 Å². The van der Waals surface area contributed by atoms with E-state index < -0.39 is 21.6 Å². The third-order valence-electron chi connectivity index (χ3n) is 1.78. The molecule has 1 rings (SSSR count). The molecule has 10 heavy (non-hydrogen) atoms. The highest BCUT2D eigenvalue weighted by atomic mass is 32.3. The SMILES string of the molecule is O=S(=O)(F)[C@@H]1CCC[C@H]1O. The molecule has 0 aliphatic heterocycles. The molecule has 60 valence electrons. The van der Waals surface area contributed by atoms with Gasteiger partial charge in [0.15, 0.2) is 0 Å². The number of hydrogen-bond donors (Lipinski definition) is 1. The van der Waals surface area contributed by atoms with Crippen LogP contribution in [0.15, 0.2) is 0 Å². The van der Waals surface area contributed by atoms with E-state index in [0.29, 0.717) is 12.8 Å². The predicted molar refractivity (Wildman–Crippen MR) is 33.7 cm³/mol. The van der Waals surface area contributed by atoms with Gasteiger partial charge in [0.1, 0.15) is 5.25 Å². The lowest BCUT2D eigenvalue weighted by atomic mass is 10.3. The highest BCUT2D eigenvalue weighted by Gasteiger charge is 2.36. The maximum absolute atomic E-state index is 12.2. The summed E-state index contributed by atoms with van der Waals surface area (Å²) in [6, 6.07) is 0. The van der Waals surface area contributed by atoms with Crippen molar-refractivity contribution in [3.8, 4) is 0 Å². The monoisotopic (exact) mass is 168 g/mol. The molecule has 2 atom stereocenters. The molecule has 1 aliphatic rings. The van der Waals surface area contributed by atoms with Crippen molar-refractivity contribution in [2.24, 2.45) is 0 Å². The van der Waals surface area contributed by atoms with E-state index >= 15 is 0 Å². The number of halogens is 1. The normalized spacial score (nSPS) is 34.6. The average Bonchev–Trinajstić information content (AvgIpc) is 2.11. The van der Waals surface area contributed by atoms with Crippen LogP contribution in [0.3, 0.4) is 0 Å². The molecular formula is C5H9FO3S. The summed E-state index contributed by atoms with van der Waals surface area (Å²) in [4.78, 5) is 0. The van der Waals surface area contributed by atoms with Crippen LogP contribution in [0.1, 0.15) is 19.3 Å². The van der Waals surface area contributed by atoms with E-state index in [-0.39, 0.29) is 6.42 Å². The summed E-state index contributed by atoms with van der Waals surface area (Å²) in [6.45, 7) is 0. The summed E-state index contributed by atoms with van der Waals surface area (Å²) in [5.41, 5.74) is 0. The minimum atomic E-state index is -4.50. The molecule has 0 aromatic heterocycles. The van der Waals surface area contributed by atoms with E-state index in [9.17, 15) is 12.3 Å². The van der Waals surface area contributed by atoms with Gasteiger partial charge in [0, 0.05) is 0 Å². The zero-order chi connectivity index (χ0) is 7.78. The van der Waals surface area contributed by atoms with Crippen molar-refractivity contribution >= 4 is 10.2 Å². The maximum Gasteiger partial charge on any atom is 0.307 e. The Hall–Kier alpha value is -0.160. The first-order valence-electron chi connectivity index (χ1n) is 3.13. The first kappa shape index (κ1) is 7.94. The van der Waals surface area contributed by atoms with Crippen molar-refractivity contribution in [2.45, 2.75) is 30.6 Å². The molecule has 1 N–H and O–H groups in total. The average molecular weight is 168 g/mol. The third kappa shape index (κ3) is 1.46. The molecule has 0 radical (unpaired) electrons. The highest BCUT2D eigenvalue weighted by molar-refractivity contribution is 7.87. The first-order valence-corrected chi connectivity index (χ1v) is 4.58. The summed E-state index contributed by atoms with van der Waals surface area (Å²) in [6.07, 6.45) is 0.248. The molecule has 1 saturated carbocycles. The van der Waals surface area contributed by atoms with E-state index in [0.717, 1.165) is 0 Å². The van der Waals surface area contributed by atoms with Gasteiger partial charge in [-0.3, -0.25) is 0 Å². The Balaban J connectivity index is 2.74. The van der Waals surface area contributed by atoms with Crippen LogP contribution in [0.5, 0.6) is 0 Å². The fraction of sp³-hybridized carbons (Fsp3) is 1.00. The topological polar surface area (TPSA) is 54.4 Å². The second kappa shape index (κ2) is 2.47. The Morgan fingerprint density at radius 2 is 2.00 bits per heavy atom. The second-order valence-electron chi connectivity index (χ2n) is 2.51. The number of aliphatic hydroxyl groups excluding tert-OH is 1. The zero-order valence-corrected chi connectivity index (χ0v) is 6.14. The predicted octanol–water partition coefficient (Wildman–Crippen LogP) is 0.199. The molecule has 0 aromatic rings. The summed E-state index contributed by atoms with van der Waals surface area (Å²) >= 11 is 0. The van der Waals surface area contributed by atoms with Gasteiger partial charge in [-0.15, -0.1) is 3.89 Å². The fourth-order valence-corrected chi connectivity index (χ4v) is 2.19. The lowest BCUT2D eigenvalue weighted by Crippen LogP contribution is -2.25. The van der Waals surface area contributed by atoms with Crippen molar-refractivity contribution in [1.82, 2.24) is 0 Å².